The van der Waals surface area contributed by atoms with Gasteiger partial charge >= 0.3 is 0 Å². The molecule has 1 aromatic heterocycles. The fourth-order valence-corrected chi connectivity index (χ4v) is 2.20. The van der Waals surface area contributed by atoms with Gasteiger partial charge in [0.05, 0.1) is 12.1 Å². The molecular formula is C13H15N3O2. The lowest BCUT2D eigenvalue weighted by Crippen LogP contribution is -2.29. The Hall–Kier alpha value is -1.88. The lowest BCUT2D eigenvalue weighted by molar-refractivity contribution is 0.0941. The average molecular weight is 245 g/mol. The molecule has 0 saturated carbocycles. The van der Waals surface area contributed by atoms with Crippen LogP contribution in [0.1, 0.15) is 16.9 Å². The molecule has 0 aliphatic carbocycles. The van der Waals surface area contributed by atoms with Gasteiger partial charge in [0.15, 0.2) is 5.69 Å². The van der Waals surface area contributed by atoms with Crippen LogP contribution >= 0.6 is 0 Å². The van der Waals surface area contributed by atoms with Crippen molar-refractivity contribution in [3.05, 3.63) is 30.0 Å². The van der Waals surface area contributed by atoms with E-state index in [1.807, 2.05) is 24.3 Å². The normalized spacial score (nSPS) is 19.2. The Morgan fingerprint density at radius 2 is 2.39 bits per heavy atom. The van der Waals surface area contributed by atoms with Crippen molar-refractivity contribution >= 4 is 16.8 Å². The van der Waals surface area contributed by atoms with Crippen molar-refractivity contribution in [2.45, 2.75) is 6.42 Å². The summed E-state index contributed by atoms with van der Waals surface area (Å²) in [5.74, 6) is 0.304. The van der Waals surface area contributed by atoms with Crippen LogP contribution in [0.5, 0.6) is 0 Å². The quantitative estimate of drug-likeness (QED) is 0.857. The average Bonchev–Trinajstić information content (AvgIpc) is 3.05. The summed E-state index contributed by atoms with van der Waals surface area (Å²) in [6, 6.07) is 7.62. The first kappa shape index (κ1) is 11.2. The molecule has 94 valence electrons. The van der Waals surface area contributed by atoms with Gasteiger partial charge in [-0.2, -0.15) is 5.10 Å². The van der Waals surface area contributed by atoms with Crippen molar-refractivity contribution in [1.29, 1.82) is 0 Å². The number of nitrogens with one attached hydrogen (secondary N) is 2. The number of ether oxygens (including phenoxy) is 1. The van der Waals surface area contributed by atoms with E-state index in [2.05, 4.69) is 15.5 Å². The largest absolute Gasteiger partial charge is 0.381 e. The Bertz CT molecular complexity index is 558. The Morgan fingerprint density at radius 3 is 3.22 bits per heavy atom. The molecule has 1 amide bonds. The number of hydrogen-bond acceptors (Lipinski definition) is 3. The van der Waals surface area contributed by atoms with Crippen LogP contribution in [-0.2, 0) is 4.74 Å². The second kappa shape index (κ2) is 4.78. The van der Waals surface area contributed by atoms with Gasteiger partial charge in [-0.25, -0.2) is 0 Å². The van der Waals surface area contributed by atoms with Crippen LogP contribution in [0.2, 0.25) is 0 Å². The molecule has 1 atom stereocenters. The predicted octanol–water partition coefficient (Wildman–Crippen LogP) is 1.33. The molecule has 1 aromatic carbocycles. The molecular weight excluding hydrogens is 230 g/mol. The fraction of sp³-hybridized carbons (Fsp3) is 0.385. The Morgan fingerprint density at radius 1 is 1.50 bits per heavy atom. The van der Waals surface area contributed by atoms with Crippen molar-refractivity contribution in [1.82, 2.24) is 15.5 Å². The lowest BCUT2D eigenvalue weighted by atomic mass is 10.1. The van der Waals surface area contributed by atoms with Gasteiger partial charge in [0, 0.05) is 24.5 Å². The summed E-state index contributed by atoms with van der Waals surface area (Å²) in [4.78, 5) is 12.0. The molecule has 5 heteroatoms. The first-order chi connectivity index (χ1) is 8.84. The van der Waals surface area contributed by atoms with E-state index in [4.69, 9.17) is 4.74 Å². The van der Waals surface area contributed by atoms with Gasteiger partial charge in [-0.15, -0.1) is 0 Å². The summed E-state index contributed by atoms with van der Waals surface area (Å²) in [6.45, 7) is 2.19. The molecule has 1 aliphatic heterocycles. The third-order valence-electron chi connectivity index (χ3n) is 3.26. The van der Waals surface area contributed by atoms with Gasteiger partial charge in [-0.1, -0.05) is 18.2 Å². The van der Waals surface area contributed by atoms with Crippen molar-refractivity contribution in [2.75, 3.05) is 19.8 Å². The molecule has 18 heavy (non-hydrogen) atoms. The summed E-state index contributed by atoms with van der Waals surface area (Å²) in [6.07, 6.45) is 1.02. The highest BCUT2D eigenvalue weighted by molar-refractivity contribution is 6.04. The first-order valence-electron chi connectivity index (χ1n) is 6.13. The van der Waals surface area contributed by atoms with Gasteiger partial charge in [0.25, 0.3) is 5.91 Å². The van der Waals surface area contributed by atoms with Gasteiger partial charge < -0.3 is 10.1 Å². The van der Waals surface area contributed by atoms with Crippen LogP contribution < -0.4 is 5.32 Å². The molecule has 0 spiro atoms. The number of benzene rings is 1. The molecule has 2 heterocycles. The smallest absolute Gasteiger partial charge is 0.272 e. The van der Waals surface area contributed by atoms with Crippen LogP contribution in [0.4, 0.5) is 0 Å². The SMILES string of the molecule is O=C(NC[C@H]1CCOC1)c1n[nH]c2ccccc12. The minimum Gasteiger partial charge on any atom is -0.381 e. The second-order valence-corrected chi connectivity index (χ2v) is 4.56. The van der Waals surface area contributed by atoms with Crippen LogP contribution in [0.25, 0.3) is 10.9 Å². The minimum atomic E-state index is -0.126. The number of hydrogen-bond donors (Lipinski definition) is 2. The molecule has 2 N–H and O–H groups in total. The Balaban J connectivity index is 1.71. The maximum absolute atomic E-state index is 12.0. The molecule has 5 nitrogen and oxygen atoms in total. The fourth-order valence-electron chi connectivity index (χ4n) is 2.20. The highest BCUT2D eigenvalue weighted by Crippen LogP contribution is 2.15. The standard InChI is InChI=1S/C13H15N3O2/c17-13(14-7-9-5-6-18-8-9)12-10-3-1-2-4-11(10)15-16-12/h1-4,9H,5-8H2,(H,14,17)(H,15,16)/t9-/m1/s1. The van der Waals surface area contributed by atoms with E-state index in [0.717, 1.165) is 30.5 Å². The number of nitrogens with zero attached hydrogens (tertiary/aromatic N) is 1. The van der Waals surface area contributed by atoms with Gasteiger partial charge in [-0.3, -0.25) is 9.89 Å². The van der Waals surface area contributed by atoms with E-state index < -0.39 is 0 Å². The molecule has 1 fully saturated rings. The summed E-state index contributed by atoms with van der Waals surface area (Å²) in [7, 11) is 0. The summed E-state index contributed by atoms with van der Waals surface area (Å²) >= 11 is 0. The molecule has 0 unspecified atom stereocenters. The third kappa shape index (κ3) is 2.09. The van der Waals surface area contributed by atoms with Crippen molar-refractivity contribution in [3.63, 3.8) is 0 Å². The molecule has 0 radical (unpaired) electrons. The van der Waals surface area contributed by atoms with E-state index in [0.29, 0.717) is 18.2 Å². The zero-order chi connectivity index (χ0) is 12.4. The van der Waals surface area contributed by atoms with Gasteiger partial charge in [0.1, 0.15) is 0 Å². The van der Waals surface area contributed by atoms with E-state index in [1.54, 1.807) is 0 Å². The van der Waals surface area contributed by atoms with Crippen LogP contribution in [0.15, 0.2) is 24.3 Å². The number of carbonyl (C=O) groups excluding carboxylic acids is 1. The van der Waals surface area contributed by atoms with Crippen molar-refractivity contribution < 1.29 is 9.53 Å². The number of rotatable bonds is 3. The van der Waals surface area contributed by atoms with E-state index in [-0.39, 0.29) is 5.91 Å². The maximum Gasteiger partial charge on any atom is 0.272 e. The Labute approximate surface area is 105 Å². The number of fused-ring (bicyclic) bond motifs is 1. The lowest BCUT2D eigenvalue weighted by Gasteiger charge is -2.08. The number of amides is 1. The number of carbonyl (C=O) groups is 1. The zero-order valence-electron chi connectivity index (χ0n) is 9.98. The maximum atomic E-state index is 12.0. The van der Waals surface area contributed by atoms with Gasteiger partial charge in [0.2, 0.25) is 0 Å². The topological polar surface area (TPSA) is 67.0 Å². The third-order valence-corrected chi connectivity index (χ3v) is 3.26. The van der Waals surface area contributed by atoms with Crippen LogP contribution in [-0.4, -0.2) is 35.9 Å². The highest BCUT2D eigenvalue weighted by Gasteiger charge is 2.18. The summed E-state index contributed by atoms with van der Waals surface area (Å²) in [5, 5.41) is 10.7. The molecule has 3 rings (SSSR count). The number of aromatic amines is 1. The Kier molecular flexibility index (Phi) is 2.98. The van der Waals surface area contributed by atoms with Crippen LogP contribution in [0, 0.1) is 5.92 Å². The summed E-state index contributed by atoms with van der Waals surface area (Å²) < 4.78 is 5.28. The van der Waals surface area contributed by atoms with Crippen LogP contribution in [0.3, 0.4) is 0 Å². The minimum absolute atomic E-state index is 0.126. The molecule has 1 aliphatic rings. The van der Waals surface area contributed by atoms with E-state index >= 15 is 0 Å². The first-order valence-corrected chi connectivity index (χ1v) is 6.13. The van der Waals surface area contributed by atoms with E-state index in [9.17, 15) is 4.79 Å². The number of aromatic nitrogens is 2. The summed E-state index contributed by atoms with van der Waals surface area (Å²) in [5.41, 5.74) is 1.34. The molecule has 2 aromatic rings. The van der Waals surface area contributed by atoms with Crippen molar-refractivity contribution in [2.24, 2.45) is 5.92 Å². The number of H-pyrrole nitrogens is 1. The monoisotopic (exact) mass is 245 g/mol. The second-order valence-electron chi connectivity index (χ2n) is 4.56. The van der Waals surface area contributed by atoms with Gasteiger partial charge in [-0.05, 0) is 12.5 Å². The predicted molar refractivity (Wildman–Crippen MR) is 67.4 cm³/mol. The molecule has 0 bridgehead atoms. The van der Waals surface area contributed by atoms with E-state index in [1.165, 1.54) is 0 Å². The number of para-hydroxylation sites is 1. The zero-order valence-corrected chi connectivity index (χ0v) is 9.98. The highest BCUT2D eigenvalue weighted by atomic mass is 16.5. The molecule has 1 saturated heterocycles. The van der Waals surface area contributed by atoms with Crippen molar-refractivity contribution in [3.8, 4) is 0 Å².